The van der Waals surface area contributed by atoms with Crippen LogP contribution in [0.1, 0.15) is 5.56 Å². The number of benzene rings is 2. The summed E-state index contributed by atoms with van der Waals surface area (Å²) in [5.74, 6) is -3.23. The van der Waals surface area contributed by atoms with Gasteiger partial charge in [0, 0.05) is 23.4 Å². The molecule has 0 aliphatic rings. The van der Waals surface area contributed by atoms with E-state index in [4.69, 9.17) is 0 Å². The van der Waals surface area contributed by atoms with Crippen LogP contribution >= 0.6 is 0 Å². The van der Waals surface area contributed by atoms with Crippen molar-refractivity contribution in [3.05, 3.63) is 75.9 Å². The van der Waals surface area contributed by atoms with Crippen LogP contribution in [0.25, 0.3) is 6.08 Å². The van der Waals surface area contributed by atoms with E-state index in [1.165, 1.54) is 24.3 Å². The number of hydrogen-bond acceptors (Lipinski definition) is 5. The summed E-state index contributed by atoms with van der Waals surface area (Å²) in [4.78, 5) is 32.9. The van der Waals surface area contributed by atoms with Crippen molar-refractivity contribution >= 4 is 29.3 Å². The molecule has 134 valence electrons. The van der Waals surface area contributed by atoms with Crippen molar-refractivity contribution in [1.82, 2.24) is 0 Å². The van der Waals surface area contributed by atoms with Gasteiger partial charge in [0.2, 0.25) is 5.82 Å². The second-order valence-corrected chi connectivity index (χ2v) is 4.93. The Morgan fingerprint density at radius 3 is 2.58 bits per heavy atom. The van der Waals surface area contributed by atoms with E-state index in [9.17, 15) is 28.5 Å². The van der Waals surface area contributed by atoms with Gasteiger partial charge in [-0.2, -0.15) is 4.39 Å². The van der Waals surface area contributed by atoms with E-state index in [0.29, 0.717) is 0 Å². The lowest BCUT2D eigenvalue weighted by molar-refractivity contribution is -0.387. The van der Waals surface area contributed by atoms with Gasteiger partial charge in [0.05, 0.1) is 4.92 Å². The maximum atomic E-state index is 13.4. The third-order valence-corrected chi connectivity index (χ3v) is 3.08. The van der Waals surface area contributed by atoms with Gasteiger partial charge in [-0.25, -0.2) is 9.18 Å². The Hall–Kier alpha value is -3.62. The maximum Gasteiger partial charge on any atom is 0.331 e. The van der Waals surface area contributed by atoms with E-state index in [-0.39, 0.29) is 11.3 Å². The molecule has 2 aromatic carbocycles. The Kier molecular flexibility index (Phi) is 6.10. The molecule has 1 N–H and O–H groups in total. The molecule has 0 heterocycles. The quantitative estimate of drug-likeness (QED) is 0.369. The first kappa shape index (κ1) is 18.7. The molecular formula is C17H12F2N2O5. The zero-order valence-corrected chi connectivity index (χ0v) is 13.1. The van der Waals surface area contributed by atoms with Crippen molar-refractivity contribution in [2.75, 3.05) is 11.9 Å². The molecule has 1 amide bonds. The highest BCUT2D eigenvalue weighted by Gasteiger charge is 2.15. The molecule has 26 heavy (non-hydrogen) atoms. The topological polar surface area (TPSA) is 98.5 Å². The van der Waals surface area contributed by atoms with E-state index in [1.54, 1.807) is 6.07 Å². The molecule has 0 aliphatic heterocycles. The second-order valence-electron chi connectivity index (χ2n) is 4.93. The number of hydrogen-bond donors (Lipinski definition) is 1. The zero-order chi connectivity index (χ0) is 19.1. The Bertz CT molecular complexity index is 883. The number of nitrogens with one attached hydrogen (secondary N) is 1. The van der Waals surface area contributed by atoms with Crippen LogP contribution in [-0.2, 0) is 14.3 Å². The zero-order valence-electron chi connectivity index (χ0n) is 13.1. The third-order valence-electron chi connectivity index (χ3n) is 3.08. The number of carbonyl (C=O) groups is 2. The van der Waals surface area contributed by atoms with Gasteiger partial charge in [0.1, 0.15) is 5.82 Å². The standard InChI is InChI=1S/C17H12F2N2O5/c18-13-4-2-1-3-11(13)5-8-17(23)26-10-16(22)20-12-6-7-14(19)15(9-12)21(24)25/h1-9H,10H2,(H,20,22)/b8-5+. The van der Waals surface area contributed by atoms with Crippen molar-refractivity contribution < 1.29 is 28.0 Å². The Labute approximate surface area is 146 Å². The number of nitro benzene ring substituents is 1. The van der Waals surface area contributed by atoms with Crippen LogP contribution in [0.5, 0.6) is 0 Å². The smallest absolute Gasteiger partial charge is 0.331 e. The largest absolute Gasteiger partial charge is 0.452 e. The summed E-state index contributed by atoms with van der Waals surface area (Å²) in [6, 6.07) is 8.55. The monoisotopic (exact) mass is 362 g/mol. The van der Waals surface area contributed by atoms with E-state index < -0.39 is 40.7 Å². The van der Waals surface area contributed by atoms with Gasteiger partial charge in [-0.1, -0.05) is 18.2 Å². The fraction of sp³-hybridized carbons (Fsp3) is 0.0588. The number of esters is 1. The predicted octanol–water partition coefficient (Wildman–Crippen LogP) is 3.07. The molecule has 0 fully saturated rings. The Morgan fingerprint density at radius 2 is 1.88 bits per heavy atom. The van der Waals surface area contributed by atoms with Gasteiger partial charge in [0.25, 0.3) is 5.91 Å². The second kappa shape index (κ2) is 8.47. The molecule has 0 unspecified atom stereocenters. The number of amides is 1. The lowest BCUT2D eigenvalue weighted by atomic mass is 10.2. The maximum absolute atomic E-state index is 13.4. The van der Waals surface area contributed by atoms with Crippen molar-refractivity contribution in [1.29, 1.82) is 0 Å². The fourth-order valence-electron chi connectivity index (χ4n) is 1.88. The van der Waals surface area contributed by atoms with Crippen LogP contribution in [0.4, 0.5) is 20.2 Å². The number of nitro groups is 1. The highest BCUT2D eigenvalue weighted by Crippen LogP contribution is 2.21. The van der Waals surface area contributed by atoms with Crippen molar-refractivity contribution in [2.45, 2.75) is 0 Å². The van der Waals surface area contributed by atoms with Crippen LogP contribution in [0.3, 0.4) is 0 Å². The molecule has 0 bridgehead atoms. The average Bonchev–Trinajstić information content (AvgIpc) is 2.60. The van der Waals surface area contributed by atoms with Gasteiger partial charge in [-0.15, -0.1) is 0 Å². The van der Waals surface area contributed by atoms with Crippen LogP contribution in [0.15, 0.2) is 48.5 Å². The summed E-state index contributed by atoms with van der Waals surface area (Å²) < 4.78 is 31.2. The molecule has 0 atom stereocenters. The third kappa shape index (κ3) is 5.20. The summed E-state index contributed by atoms with van der Waals surface area (Å²) in [6.07, 6.45) is 2.15. The van der Waals surface area contributed by atoms with Gasteiger partial charge >= 0.3 is 11.7 Å². The number of halogens is 2. The van der Waals surface area contributed by atoms with E-state index in [0.717, 1.165) is 24.3 Å². The summed E-state index contributed by atoms with van der Waals surface area (Å²) >= 11 is 0. The van der Waals surface area contributed by atoms with Crippen LogP contribution in [-0.4, -0.2) is 23.4 Å². The number of nitrogens with zero attached hydrogens (tertiary/aromatic N) is 1. The first-order valence-electron chi connectivity index (χ1n) is 7.20. The summed E-state index contributed by atoms with van der Waals surface area (Å²) in [7, 11) is 0. The summed E-state index contributed by atoms with van der Waals surface area (Å²) in [5.41, 5.74) is -0.652. The molecular weight excluding hydrogens is 350 g/mol. The summed E-state index contributed by atoms with van der Waals surface area (Å²) in [6.45, 7) is -0.675. The van der Waals surface area contributed by atoms with E-state index >= 15 is 0 Å². The first-order chi connectivity index (χ1) is 12.4. The molecule has 0 aromatic heterocycles. The number of rotatable bonds is 6. The van der Waals surface area contributed by atoms with Gasteiger partial charge in [0.15, 0.2) is 6.61 Å². The predicted molar refractivity (Wildman–Crippen MR) is 88.1 cm³/mol. The minimum absolute atomic E-state index is 0.0268. The van der Waals surface area contributed by atoms with Crippen LogP contribution in [0, 0.1) is 21.7 Å². The Balaban J connectivity index is 1.89. The normalized spacial score (nSPS) is 10.5. The SMILES string of the molecule is O=C(COC(=O)/C=C/c1ccccc1F)Nc1ccc(F)c([N+](=O)[O-])c1. The molecule has 7 nitrogen and oxygen atoms in total. The number of anilines is 1. The van der Waals surface area contributed by atoms with Crippen LogP contribution in [0.2, 0.25) is 0 Å². The average molecular weight is 362 g/mol. The number of carbonyl (C=O) groups excluding carboxylic acids is 2. The minimum atomic E-state index is -1.04. The van der Waals surface area contributed by atoms with Gasteiger partial charge in [-0.05, 0) is 24.3 Å². The van der Waals surface area contributed by atoms with E-state index in [1.807, 2.05) is 0 Å². The van der Waals surface area contributed by atoms with Gasteiger partial charge in [-0.3, -0.25) is 14.9 Å². The molecule has 9 heteroatoms. The van der Waals surface area contributed by atoms with Crippen molar-refractivity contribution in [2.24, 2.45) is 0 Å². The molecule has 2 rings (SSSR count). The molecule has 0 radical (unpaired) electrons. The summed E-state index contributed by atoms with van der Waals surface area (Å²) in [5, 5.41) is 12.9. The Morgan fingerprint density at radius 1 is 1.15 bits per heavy atom. The highest BCUT2D eigenvalue weighted by molar-refractivity contribution is 5.94. The fourth-order valence-corrected chi connectivity index (χ4v) is 1.88. The van der Waals surface area contributed by atoms with Crippen LogP contribution < -0.4 is 5.32 Å². The lowest BCUT2D eigenvalue weighted by Crippen LogP contribution is -2.20. The lowest BCUT2D eigenvalue weighted by Gasteiger charge is -2.05. The minimum Gasteiger partial charge on any atom is -0.452 e. The molecule has 0 aliphatic carbocycles. The molecule has 0 spiro atoms. The highest BCUT2D eigenvalue weighted by atomic mass is 19.1. The molecule has 2 aromatic rings. The first-order valence-corrected chi connectivity index (χ1v) is 7.20. The van der Waals surface area contributed by atoms with Crippen molar-refractivity contribution in [3.63, 3.8) is 0 Å². The molecule has 0 saturated carbocycles. The van der Waals surface area contributed by atoms with Gasteiger partial charge < -0.3 is 10.1 Å². The molecule has 0 saturated heterocycles. The number of ether oxygens (including phenoxy) is 1. The van der Waals surface area contributed by atoms with Crippen molar-refractivity contribution in [3.8, 4) is 0 Å². The van der Waals surface area contributed by atoms with E-state index in [2.05, 4.69) is 10.1 Å².